The predicted molar refractivity (Wildman–Crippen MR) is 90.8 cm³/mol. The molecule has 0 aromatic heterocycles. The number of amides is 2. The number of nitrogens with two attached hydrogens (primary N) is 1. The summed E-state index contributed by atoms with van der Waals surface area (Å²) in [5.74, 6) is -0.332. The molecule has 0 aliphatic carbocycles. The van der Waals surface area contributed by atoms with Crippen molar-refractivity contribution in [2.75, 3.05) is 0 Å². The normalized spacial score (nSPS) is 12.0. The molecule has 0 heterocycles. The van der Waals surface area contributed by atoms with Crippen LogP contribution in [0.25, 0.3) is 0 Å². The fourth-order valence-corrected chi connectivity index (χ4v) is 2.44. The van der Waals surface area contributed by atoms with Crippen molar-refractivity contribution in [3.05, 3.63) is 71.3 Å². The molecule has 120 valence electrons. The van der Waals surface area contributed by atoms with Gasteiger partial charge in [0.25, 0.3) is 5.91 Å². The van der Waals surface area contributed by atoms with E-state index in [1.165, 1.54) is 5.56 Å². The first-order chi connectivity index (χ1) is 11.0. The van der Waals surface area contributed by atoms with Gasteiger partial charge in [-0.15, -0.1) is 0 Å². The zero-order chi connectivity index (χ0) is 16.8. The van der Waals surface area contributed by atoms with Gasteiger partial charge in [0.1, 0.15) is 6.04 Å². The highest BCUT2D eigenvalue weighted by Gasteiger charge is 2.20. The summed E-state index contributed by atoms with van der Waals surface area (Å²) in [6.07, 6.45) is 0.968. The number of carbonyl (C=O) groups excluding carboxylic acids is 2. The van der Waals surface area contributed by atoms with Crippen molar-refractivity contribution in [1.82, 2.24) is 5.32 Å². The second kappa shape index (κ2) is 7.58. The maximum absolute atomic E-state index is 12.3. The van der Waals surface area contributed by atoms with Crippen molar-refractivity contribution in [2.24, 2.45) is 11.7 Å². The minimum absolute atomic E-state index is 0.311. The molecule has 4 heteroatoms. The monoisotopic (exact) mass is 310 g/mol. The van der Waals surface area contributed by atoms with E-state index >= 15 is 0 Å². The summed E-state index contributed by atoms with van der Waals surface area (Å²) >= 11 is 0. The second-order valence-corrected chi connectivity index (χ2v) is 6.01. The number of nitrogens with one attached hydrogen (secondary N) is 1. The van der Waals surface area contributed by atoms with Crippen LogP contribution >= 0.6 is 0 Å². The van der Waals surface area contributed by atoms with Crippen molar-refractivity contribution in [3.8, 4) is 0 Å². The zero-order valence-corrected chi connectivity index (χ0v) is 13.5. The molecule has 0 radical (unpaired) electrons. The van der Waals surface area contributed by atoms with Gasteiger partial charge in [0.15, 0.2) is 0 Å². The van der Waals surface area contributed by atoms with Gasteiger partial charge in [0.2, 0.25) is 5.91 Å². The second-order valence-electron chi connectivity index (χ2n) is 6.01. The fourth-order valence-electron chi connectivity index (χ4n) is 2.44. The quantitative estimate of drug-likeness (QED) is 0.861. The lowest BCUT2D eigenvalue weighted by Crippen LogP contribution is -2.37. The Kier molecular flexibility index (Phi) is 5.52. The maximum atomic E-state index is 12.3. The average molecular weight is 310 g/mol. The highest BCUT2D eigenvalue weighted by molar-refractivity contribution is 5.97. The lowest BCUT2D eigenvalue weighted by atomic mass is 10.0. The molecular formula is C19H22N2O2. The van der Waals surface area contributed by atoms with Crippen LogP contribution in [0.15, 0.2) is 54.6 Å². The third-order valence-corrected chi connectivity index (χ3v) is 3.55. The molecule has 2 aromatic rings. The van der Waals surface area contributed by atoms with Crippen LogP contribution in [0.4, 0.5) is 0 Å². The Balaban J connectivity index is 2.11. The smallest absolute Gasteiger partial charge is 0.252 e. The van der Waals surface area contributed by atoms with E-state index in [0.29, 0.717) is 17.0 Å². The molecule has 2 amide bonds. The number of hydrogen-bond acceptors (Lipinski definition) is 2. The molecule has 4 nitrogen and oxygen atoms in total. The first kappa shape index (κ1) is 16.7. The SMILES string of the molecule is CC(C)Cc1ccc(C(=O)N[C@@H](C(N)=O)c2ccccc2)cc1. The third kappa shape index (κ3) is 4.68. The van der Waals surface area contributed by atoms with Gasteiger partial charge in [-0.2, -0.15) is 0 Å². The fraction of sp³-hybridized carbons (Fsp3) is 0.263. The van der Waals surface area contributed by atoms with Crippen LogP contribution in [0.1, 0.15) is 41.4 Å². The van der Waals surface area contributed by atoms with Gasteiger partial charge in [-0.1, -0.05) is 56.3 Å². The maximum Gasteiger partial charge on any atom is 0.252 e. The summed E-state index contributed by atoms with van der Waals surface area (Å²) in [5, 5.41) is 2.70. The zero-order valence-electron chi connectivity index (χ0n) is 13.5. The molecule has 1 atom stereocenters. The standard InChI is InChI=1S/C19H22N2O2/c1-13(2)12-14-8-10-16(11-9-14)19(23)21-17(18(20)22)15-6-4-3-5-7-15/h3-11,13,17H,12H2,1-2H3,(H2,20,22)(H,21,23)/t17-/m1/s1. The molecule has 0 spiro atoms. The minimum atomic E-state index is -0.834. The van der Waals surface area contributed by atoms with Crippen molar-refractivity contribution in [3.63, 3.8) is 0 Å². The Hall–Kier alpha value is -2.62. The van der Waals surface area contributed by atoms with Gasteiger partial charge in [-0.25, -0.2) is 0 Å². The number of carbonyl (C=O) groups is 2. The highest BCUT2D eigenvalue weighted by Crippen LogP contribution is 2.14. The lowest BCUT2D eigenvalue weighted by Gasteiger charge is -2.16. The van der Waals surface area contributed by atoms with Crippen molar-refractivity contribution >= 4 is 11.8 Å². The molecule has 2 aromatic carbocycles. The summed E-state index contributed by atoms with van der Waals surface area (Å²) in [4.78, 5) is 24.0. The molecule has 0 saturated heterocycles. The van der Waals surface area contributed by atoms with E-state index in [2.05, 4.69) is 19.2 Å². The highest BCUT2D eigenvalue weighted by atomic mass is 16.2. The van der Waals surface area contributed by atoms with Crippen LogP contribution in [-0.4, -0.2) is 11.8 Å². The molecule has 0 fully saturated rings. The van der Waals surface area contributed by atoms with Crippen LogP contribution < -0.4 is 11.1 Å². The third-order valence-electron chi connectivity index (χ3n) is 3.55. The number of rotatable bonds is 6. The molecule has 3 N–H and O–H groups in total. The Morgan fingerprint density at radius 1 is 1.00 bits per heavy atom. The number of hydrogen-bond donors (Lipinski definition) is 2. The Bertz CT molecular complexity index is 664. The molecule has 0 aliphatic heterocycles. The Morgan fingerprint density at radius 3 is 2.13 bits per heavy atom. The van der Waals surface area contributed by atoms with Crippen LogP contribution in [0.2, 0.25) is 0 Å². The molecule has 0 bridgehead atoms. The van der Waals surface area contributed by atoms with Crippen molar-refractivity contribution in [1.29, 1.82) is 0 Å². The van der Waals surface area contributed by atoms with Crippen LogP contribution in [0, 0.1) is 5.92 Å². The topological polar surface area (TPSA) is 72.2 Å². The van der Waals surface area contributed by atoms with E-state index in [9.17, 15) is 9.59 Å². The predicted octanol–water partition coefficient (Wildman–Crippen LogP) is 2.84. The van der Waals surface area contributed by atoms with E-state index in [1.807, 2.05) is 18.2 Å². The van der Waals surface area contributed by atoms with Crippen LogP contribution in [-0.2, 0) is 11.2 Å². The van der Waals surface area contributed by atoms with E-state index < -0.39 is 11.9 Å². The van der Waals surface area contributed by atoms with Gasteiger partial charge in [-0.3, -0.25) is 9.59 Å². The first-order valence-electron chi connectivity index (χ1n) is 7.71. The van der Waals surface area contributed by atoms with Crippen LogP contribution in [0.5, 0.6) is 0 Å². The minimum Gasteiger partial charge on any atom is -0.368 e. The van der Waals surface area contributed by atoms with Crippen molar-refractivity contribution in [2.45, 2.75) is 26.3 Å². The van der Waals surface area contributed by atoms with E-state index in [-0.39, 0.29) is 5.91 Å². The van der Waals surface area contributed by atoms with Gasteiger partial charge in [-0.05, 0) is 35.6 Å². The Labute approximate surface area is 136 Å². The van der Waals surface area contributed by atoms with E-state index in [1.54, 1.807) is 36.4 Å². The lowest BCUT2D eigenvalue weighted by molar-refractivity contribution is -0.120. The number of benzene rings is 2. The van der Waals surface area contributed by atoms with E-state index in [0.717, 1.165) is 6.42 Å². The number of primary amides is 1. The van der Waals surface area contributed by atoms with Gasteiger partial charge in [0.05, 0.1) is 0 Å². The van der Waals surface area contributed by atoms with Gasteiger partial charge < -0.3 is 11.1 Å². The summed E-state index contributed by atoms with van der Waals surface area (Å²) in [6, 6.07) is 15.6. The van der Waals surface area contributed by atoms with Gasteiger partial charge in [0, 0.05) is 5.56 Å². The van der Waals surface area contributed by atoms with Crippen molar-refractivity contribution < 1.29 is 9.59 Å². The summed E-state index contributed by atoms with van der Waals surface area (Å²) in [5.41, 5.74) is 7.79. The molecular weight excluding hydrogens is 288 g/mol. The van der Waals surface area contributed by atoms with E-state index in [4.69, 9.17) is 5.73 Å². The Morgan fingerprint density at radius 2 is 1.61 bits per heavy atom. The molecule has 0 saturated carbocycles. The summed E-state index contributed by atoms with van der Waals surface area (Å²) in [7, 11) is 0. The first-order valence-corrected chi connectivity index (χ1v) is 7.71. The van der Waals surface area contributed by atoms with Gasteiger partial charge >= 0.3 is 0 Å². The summed E-state index contributed by atoms with van der Waals surface area (Å²) in [6.45, 7) is 4.30. The average Bonchev–Trinajstić information content (AvgIpc) is 2.53. The van der Waals surface area contributed by atoms with Crippen LogP contribution in [0.3, 0.4) is 0 Å². The largest absolute Gasteiger partial charge is 0.368 e. The summed E-state index contributed by atoms with van der Waals surface area (Å²) < 4.78 is 0. The molecule has 0 aliphatic rings. The molecule has 23 heavy (non-hydrogen) atoms. The molecule has 2 rings (SSSR count). The molecule has 0 unspecified atom stereocenters.